The normalized spacial score (nSPS) is 21.7. The van der Waals surface area contributed by atoms with E-state index >= 15 is 0 Å². The first kappa shape index (κ1) is 20.0. The topological polar surface area (TPSA) is 47.5 Å². The molecule has 3 fully saturated rings. The highest BCUT2D eigenvalue weighted by Crippen LogP contribution is 2.41. The molecule has 3 aliphatic rings. The molecule has 2 aromatic rings. The molecule has 7 heteroatoms. The zero-order valence-corrected chi connectivity index (χ0v) is 18.5. The summed E-state index contributed by atoms with van der Waals surface area (Å²) >= 11 is 6.31. The summed E-state index contributed by atoms with van der Waals surface area (Å²) in [6, 6.07) is 9.38. The van der Waals surface area contributed by atoms with Crippen molar-refractivity contribution in [1.82, 2.24) is 19.8 Å². The molecule has 2 aliphatic heterocycles. The lowest BCUT2D eigenvalue weighted by molar-refractivity contribution is 0.0982. The molecule has 0 amide bonds. The lowest BCUT2D eigenvalue weighted by Gasteiger charge is -2.42. The fourth-order valence-electron chi connectivity index (χ4n) is 4.65. The van der Waals surface area contributed by atoms with E-state index in [2.05, 4.69) is 61.3 Å². The largest absolute Gasteiger partial charge is 0.371 e. The van der Waals surface area contributed by atoms with E-state index in [9.17, 15) is 0 Å². The summed E-state index contributed by atoms with van der Waals surface area (Å²) in [7, 11) is 2.23. The van der Waals surface area contributed by atoms with Crippen LogP contribution in [-0.2, 0) is 0 Å². The summed E-state index contributed by atoms with van der Waals surface area (Å²) in [5.41, 5.74) is 3.25. The van der Waals surface area contributed by atoms with Gasteiger partial charge in [0.1, 0.15) is 0 Å². The summed E-state index contributed by atoms with van der Waals surface area (Å²) in [5, 5.41) is 3.86. The predicted octanol–water partition coefficient (Wildman–Crippen LogP) is 3.97. The van der Waals surface area contributed by atoms with Gasteiger partial charge in [0.25, 0.3) is 0 Å². The van der Waals surface area contributed by atoms with Gasteiger partial charge < -0.3 is 15.1 Å². The number of piperidine rings is 1. The maximum Gasteiger partial charge on any atom is 0.153 e. The van der Waals surface area contributed by atoms with Gasteiger partial charge in [0.05, 0.1) is 11.9 Å². The second-order valence-electron chi connectivity index (χ2n) is 8.93. The van der Waals surface area contributed by atoms with E-state index in [1.807, 2.05) is 0 Å². The second-order valence-corrected chi connectivity index (χ2v) is 9.29. The van der Waals surface area contributed by atoms with Gasteiger partial charge in [0, 0.05) is 62.6 Å². The third-order valence-corrected chi connectivity index (χ3v) is 7.02. The molecule has 1 N–H and O–H groups in total. The number of nitrogens with zero attached hydrogens (tertiary/aromatic N) is 5. The van der Waals surface area contributed by atoms with Crippen molar-refractivity contribution in [2.45, 2.75) is 37.6 Å². The molecule has 0 unspecified atom stereocenters. The monoisotopic (exact) mass is 426 g/mol. The highest BCUT2D eigenvalue weighted by molar-refractivity contribution is 6.30. The number of anilines is 3. The lowest BCUT2D eigenvalue weighted by Crippen LogP contribution is -2.52. The summed E-state index contributed by atoms with van der Waals surface area (Å²) in [5.74, 6) is 1.21. The molecule has 1 aromatic carbocycles. The maximum absolute atomic E-state index is 6.31. The Morgan fingerprint density at radius 2 is 1.63 bits per heavy atom. The van der Waals surface area contributed by atoms with Crippen LogP contribution in [0.15, 0.2) is 30.5 Å². The van der Waals surface area contributed by atoms with Gasteiger partial charge in [-0.25, -0.2) is 4.98 Å². The zero-order valence-electron chi connectivity index (χ0n) is 17.7. The molecule has 0 radical (unpaired) electrons. The van der Waals surface area contributed by atoms with Crippen LogP contribution in [0.5, 0.6) is 0 Å². The lowest BCUT2D eigenvalue weighted by atomic mass is 10.0. The number of benzene rings is 1. The van der Waals surface area contributed by atoms with Crippen molar-refractivity contribution in [3.63, 3.8) is 0 Å². The molecule has 6 nitrogen and oxygen atoms in total. The maximum atomic E-state index is 6.31. The smallest absolute Gasteiger partial charge is 0.153 e. The second kappa shape index (κ2) is 8.69. The number of hydrogen-bond donors (Lipinski definition) is 1. The Labute approximate surface area is 184 Å². The Morgan fingerprint density at radius 3 is 2.27 bits per heavy atom. The minimum atomic E-state index is 0.513. The number of aromatic nitrogens is 2. The zero-order chi connectivity index (χ0) is 20.5. The molecule has 5 rings (SSSR count). The summed E-state index contributed by atoms with van der Waals surface area (Å²) in [6.07, 6.45) is 6.65. The Hall–Kier alpha value is -1.89. The van der Waals surface area contributed by atoms with Gasteiger partial charge in [-0.1, -0.05) is 11.6 Å². The van der Waals surface area contributed by atoms with Crippen LogP contribution in [-0.4, -0.2) is 72.1 Å². The van der Waals surface area contributed by atoms with E-state index in [1.54, 1.807) is 6.20 Å². The molecule has 160 valence electrons. The van der Waals surface area contributed by atoms with Gasteiger partial charge in [-0.05, 0) is 57.0 Å². The Kier molecular flexibility index (Phi) is 5.81. The van der Waals surface area contributed by atoms with Crippen LogP contribution < -0.4 is 10.2 Å². The van der Waals surface area contributed by atoms with E-state index in [4.69, 9.17) is 11.6 Å². The molecule has 1 saturated carbocycles. The molecular formula is C23H31ClN6. The van der Waals surface area contributed by atoms with Crippen molar-refractivity contribution in [1.29, 1.82) is 0 Å². The van der Waals surface area contributed by atoms with Crippen molar-refractivity contribution < 1.29 is 0 Å². The van der Waals surface area contributed by atoms with Crippen molar-refractivity contribution in [2.24, 2.45) is 0 Å². The number of likely N-dealkylation sites (N-methyl/N-ethyl adjacent to an activating group) is 1. The third-order valence-electron chi connectivity index (χ3n) is 6.74. The van der Waals surface area contributed by atoms with E-state index in [1.165, 1.54) is 57.5 Å². The van der Waals surface area contributed by atoms with Gasteiger partial charge >= 0.3 is 0 Å². The number of nitrogens with one attached hydrogen (secondary N) is 1. The van der Waals surface area contributed by atoms with E-state index in [-0.39, 0.29) is 0 Å². The average Bonchev–Trinajstić information content (AvgIpc) is 3.60. The van der Waals surface area contributed by atoms with Crippen LogP contribution in [0.4, 0.5) is 17.2 Å². The van der Waals surface area contributed by atoms with Crippen LogP contribution in [0.25, 0.3) is 0 Å². The predicted molar refractivity (Wildman–Crippen MR) is 123 cm³/mol. The summed E-state index contributed by atoms with van der Waals surface area (Å²) in [4.78, 5) is 16.6. The SMILES string of the molecule is CN1CCN(C2CCN(c3ccc(Nc4cnc(C5CC5)c(Cl)n4)cc3)CC2)CC1. The van der Waals surface area contributed by atoms with Crippen molar-refractivity contribution in [2.75, 3.05) is 56.5 Å². The first-order chi connectivity index (χ1) is 14.7. The molecule has 30 heavy (non-hydrogen) atoms. The standard InChI is InChI=1S/C23H31ClN6/c1-28-12-14-30(15-13-28)20-8-10-29(11-9-20)19-6-4-18(5-7-19)26-21-16-25-22(17-2-3-17)23(24)27-21/h4-7,16-17,20H,2-3,8-15H2,1H3,(H,26,27). The molecule has 3 heterocycles. The van der Waals surface area contributed by atoms with Crippen LogP contribution in [0.1, 0.15) is 37.3 Å². The first-order valence-electron chi connectivity index (χ1n) is 11.2. The summed E-state index contributed by atoms with van der Waals surface area (Å²) in [6.45, 7) is 7.11. The molecule has 1 aliphatic carbocycles. The number of piperazine rings is 1. The molecule has 0 spiro atoms. The van der Waals surface area contributed by atoms with Crippen LogP contribution in [0, 0.1) is 0 Å². The highest BCUT2D eigenvalue weighted by Gasteiger charge is 2.28. The van der Waals surface area contributed by atoms with Crippen LogP contribution in [0.2, 0.25) is 5.15 Å². The quantitative estimate of drug-likeness (QED) is 0.780. The fourth-order valence-corrected chi connectivity index (χ4v) is 4.94. The number of rotatable bonds is 5. The molecule has 1 aromatic heterocycles. The number of hydrogen-bond acceptors (Lipinski definition) is 6. The third kappa shape index (κ3) is 4.56. The number of halogens is 1. The molecule has 0 atom stereocenters. The van der Waals surface area contributed by atoms with Gasteiger partial charge in [0.15, 0.2) is 11.0 Å². The molecular weight excluding hydrogens is 396 g/mol. The summed E-state index contributed by atoms with van der Waals surface area (Å²) < 4.78 is 0. The molecule has 0 bridgehead atoms. The van der Waals surface area contributed by atoms with Crippen LogP contribution in [0.3, 0.4) is 0 Å². The van der Waals surface area contributed by atoms with Crippen molar-refractivity contribution >= 4 is 28.8 Å². The van der Waals surface area contributed by atoms with Gasteiger partial charge in [-0.3, -0.25) is 9.88 Å². The average molecular weight is 427 g/mol. The minimum absolute atomic E-state index is 0.513. The highest BCUT2D eigenvalue weighted by atomic mass is 35.5. The van der Waals surface area contributed by atoms with E-state index in [0.29, 0.717) is 16.9 Å². The van der Waals surface area contributed by atoms with Crippen molar-refractivity contribution in [3.8, 4) is 0 Å². The van der Waals surface area contributed by atoms with Gasteiger partial charge in [-0.15, -0.1) is 0 Å². The van der Waals surface area contributed by atoms with Crippen LogP contribution >= 0.6 is 11.6 Å². The first-order valence-corrected chi connectivity index (χ1v) is 11.6. The Bertz CT molecular complexity index is 852. The van der Waals surface area contributed by atoms with Gasteiger partial charge in [0.2, 0.25) is 0 Å². The minimum Gasteiger partial charge on any atom is -0.371 e. The Morgan fingerprint density at radius 1 is 0.933 bits per heavy atom. The van der Waals surface area contributed by atoms with E-state index < -0.39 is 0 Å². The van der Waals surface area contributed by atoms with Crippen molar-refractivity contribution in [3.05, 3.63) is 41.3 Å². The molecule has 2 saturated heterocycles. The fraction of sp³-hybridized carbons (Fsp3) is 0.565. The Balaban J connectivity index is 1.15. The van der Waals surface area contributed by atoms with E-state index in [0.717, 1.165) is 30.5 Å². The van der Waals surface area contributed by atoms with Gasteiger partial charge in [-0.2, -0.15) is 0 Å².